The number of rotatable bonds is 4. The summed E-state index contributed by atoms with van der Waals surface area (Å²) in [7, 11) is 0. The van der Waals surface area contributed by atoms with Gasteiger partial charge in [0, 0.05) is 0 Å². The molecular weight excluding hydrogens is 180 g/mol. The average Bonchev–Trinajstić information content (AvgIpc) is 2.01. The molecule has 84 valence electrons. The molecule has 0 saturated carbocycles. The van der Waals surface area contributed by atoms with Crippen molar-refractivity contribution in [3.8, 4) is 0 Å². The second-order valence-electron chi connectivity index (χ2n) is 4.56. The molecule has 0 aromatic carbocycles. The van der Waals surface area contributed by atoms with Crippen LogP contribution in [0, 0.1) is 0 Å². The van der Waals surface area contributed by atoms with Crippen LogP contribution < -0.4 is 22.9 Å². The van der Waals surface area contributed by atoms with Gasteiger partial charge in [-0.2, -0.15) is 10.2 Å². The smallest absolute Gasteiger partial charge is 0.104 e. The maximum atomic E-state index is 5.54. The fourth-order valence-corrected chi connectivity index (χ4v) is 0.391. The molecular formula is C8H22N6. The van der Waals surface area contributed by atoms with Crippen molar-refractivity contribution in [2.75, 3.05) is 0 Å². The Bertz CT molecular complexity index is 184. The summed E-state index contributed by atoms with van der Waals surface area (Å²) in [6, 6.07) is 0. The number of nitrogens with zero attached hydrogens (tertiary/aromatic N) is 2. The lowest BCUT2D eigenvalue weighted by Crippen LogP contribution is -2.51. The highest BCUT2D eigenvalue weighted by atomic mass is 15.2. The van der Waals surface area contributed by atoms with Crippen LogP contribution in [0.5, 0.6) is 0 Å². The first-order valence-corrected chi connectivity index (χ1v) is 4.56. The van der Waals surface area contributed by atoms with Gasteiger partial charge in [-0.1, -0.05) is 0 Å². The summed E-state index contributed by atoms with van der Waals surface area (Å²) in [6.45, 7) is 7.22. The predicted octanol–water partition coefficient (Wildman–Crippen LogP) is -0.517. The molecule has 8 N–H and O–H groups in total. The fraction of sp³-hybridized carbons (Fsp3) is 1.00. The molecule has 14 heavy (non-hydrogen) atoms. The Kier molecular flexibility index (Phi) is 4.14. The lowest BCUT2D eigenvalue weighted by atomic mass is 10.0. The van der Waals surface area contributed by atoms with E-state index in [4.69, 9.17) is 22.9 Å². The van der Waals surface area contributed by atoms with Crippen LogP contribution in [0.25, 0.3) is 0 Å². The normalized spacial score (nSPS) is 14.7. The summed E-state index contributed by atoms with van der Waals surface area (Å²) in [4.78, 5) is 0. The van der Waals surface area contributed by atoms with Gasteiger partial charge < -0.3 is 22.9 Å². The Morgan fingerprint density at radius 1 is 0.714 bits per heavy atom. The molecule has 0 aliphatic heterocycles. The molecule has 0 aliphatic rings. The van der Waals surface area contributed by atoms with Crippen LogP contribution in [-0.2, 0) is 0 Å². The van der Waals surface area contributed by atoms with E-state index in [1.807, 2.05) is 0 Å². The monoisotopic (exact) mass is 202 g/mol. The molecule has 0 bridgehead atoms. The van der Waals surface area contributed by atoms with Crippen LogP contribution in [0.3, 0.4) is 0 Å². The number of nitrogens with two attached hydrogens (primary N) is 4. The van der Waals surface area contributed by atoms with E-state index in [2.05, 4.69) is 10.2 Å². The molecule has 0 unspecified atom stereocenters. The molecule has 6 heteroatoms. The van der Waals surface area contributed by atoms with E-state index < -0.39 is 23.4 Å². The molecule has 0 aliphatic carbocycles. The first-order chi connectivity index (χ1) is 6.09. The van der Waals surface area contributed by atoms with Crippen LogP contribution in [0.2, 0.25) is 0 Å². The van der Waals surface area contributed by atoms with E-state index in [1.54, 1.807) is 27.7 Å². The van der Waals surface area contributed by atoms with Crippen molar-refractivity contribution in [1.82, 2.24) is 0 Å². The van der Waals surface area contributed by atoms with E-state index in [0.717, 1.165) is 0 Å². The van der Waals surface area contributed by atoms with E-state index in [-0.39, 0.29) is 0 Å². The van der Waals surface area contributed by atoms with Crippen LogP contribution in [-0.4, -0.2) is 23.4 Å². The maximum Gasteiger partial charge on any atom is 0.104 e. The van der Waals surface area contributed by atoms with Gasteiger partial charge in [0.1, 0.15) is 11.1 Å². The largest absolute Gasteiger partial charge is 0.314 e. The zero-order chi connectivity index (χ0) is 11.6. The zero-order valence-corrected chi connectivity index (χ0v) is 9.36. The summed E-state index contributed by atoms with van der Waals surface area (Å²) in [6.07, 6.45) is -1.12. The van der Waals surface area contributed by atoms with Crippen LogP contribution in [0.15, 0.2) is 10.2 Å². The van der Waals surface area contributed by atoms with E-state index in [9.17, 15) is 0 Å². The van der Waals surface area contributed by atoms with Gasteiger partial charge in [0.25, 0.3) is 0 Å². The third-order valence-electron chi connectivity index (χ3n) is 2.20. The first-order valence-electron chi connectivity index (χ1n) is 4.56. The van der Waals surface area contributed by atoms with Crippen LogP contribution >= 0.6 is 0 Å². The Morgan fingerprint density at radius 2 is 0.929 bits per heavy atom. The Hall–Kier alpha value is -0.560. The topological polar surface area (TPSA) is 129 Å². The van der Waals surface area contributed by atoms with Crippen molar-refractivity contribution in [3.63, 3.8) is 0 Å². The second-order valence-corrected chi connectivity index (χ2v) is 4.56. The molecule has 0 radical (unpaired) electrons. The minimum absolute atomic E-state index is 0.559. The number of hydrogen-bond acceptors (Lipinski definition) is 6. The fourth-order valence-electron chi connectivity index (χ4n) is 0.391. The van der Waals surface area contributed by atoms with E-state index >= 15 is 0 Å². The summed E-state index contributed by atoms with van der Waals surface area (Å²) < 4.78 is 0. The number of hydrogen-bond donors (Lipinski definition) is 4. The molecule has 6 nitrogen and oxygen atoms in total. The third-order valence-corrected chi connectivity index (χ3v) is 2.20. The SMILES string of the molecule is CC(C)(N=NC(C)(C)C(N)N)C(N)N. The van der Waals surface area contributed by atoms with Crippen LogP contribution in [0.1, 0.15) is 27.7 Å². The third kappa shape index (κ3) is 3.67. The van der Waals surface area contributed by atoms with Gasteiger partial charge in [-0.3, -0.25) is 0 Å². The van der Waals surface area contributed by atoms with Crippen molar-refractivity contribution in [2.24, 2.45) is 33.2 Å². The molecule has 0 rings (SSSR count). The molecule has 0 heterocycles. The molecule has 0 fully saturated rings. The van der Waals surface area contributed by atoms with Crippen molar-refractivity contribution in [1.29, 1.82) is 0 Å². The van der Waals surface area contributed by atoms with Gasteiger partial charge in [-0.05, 0) is 27.7 Å². The summed E-state index contributed by atoms with van der Waals surface area (Å²) in [5.41, 5.74) is 20.9. The summed E-state index contributed by atoms with van der Waals surface area (Å²) >= 11 is 0. The molecule has 0 aromatic heterocycles. The first kappa shape index (κ1) is 13.4. The molecule has 0 aromatic rings. The predicted molar refractivity (Wildman–Crippen MR) is 57.3 cm³/mol. The average molecular weight is 202 g/mol. The highest BCUT2D eigenvalue weighted by Crippen LogP contribution is 2.16. The summed E-state index contributed by atoms with van der Waals surface area (Å²) in [5.74, 6) is 0. The van der Waals surface area contributed by atoms with Gasteiger partial charge in [0.2, 0.25) is 0 Å². The molecule has 0 saturated heterocycles. The van der Waals surface area contributed by atoms with Crippen molar-refractivity contribution in [3.05, 3.63) is 0 Å². The van der Waals surface area contributed by atoms with E-state index in [1.165, 1.54) is 0 Å². The Morgan fingerprint density at radius 3 is 1.07 bits per heavy atom. The highest BCUT2D eigenvalue weighted by Gasteiger charge is 2.27. The minimum atomic E-state index is -0.605. The van der Waals surface area contributed by atoms with Gasteiger partial charge in [0.05, 0.1) is 12.3 Å². The van der Waals surface area contributed by atoms with Crippen molar-refractivity contribution in [2.45, 2.75) is 51.1 Å². The van der Waals surface area contributed by atoms with E-state index in [0.29, 0.717) is 0 Å². The highest BCUT2D eigenvalue weighted by molar-refractivity contribution is 4.88. The van der Waals surface area contributed by atoms with Gasteiger partial charge in [-0.25, -0.2) is 0 Å². The Labute approximate surface area is 85.1 Å². The second kappa shape index (κ2) is 4.31. The molecule has 0 amide bonds. The standard InChI is InChI=1S/C8H22N6/c1-7(2,5(9)10)13-14-8(3,4)6(11)12/h5-6H,9-12H2,1-4H3. The minimum Gasteiger partial charge on any atom is -0.314 e. The lowest BCUT2D eigenvalue weighted by Gasteiger charge is -2.27. The zero-order valence-electron chi connectivity index (χ0n) is 9.36. The molecule has 0 atom stereocenters. The van der Waals surface area contributed by atoms with Gasteiger partial charge in [0.15, 0.2) is 0 Å². The quantitative estimate of drug-likeness (QED) is 0.361. The lowest BCUT2D eigenvalue weighted by molar-refractivity contribution is 0.342. The number of azo groups is 1. The van der Waals surface area contributed by atoms with Gasteiger partial charge >= 0.3 is 0 Å². The maximum absolute atomic E-state index is 5.54. The molecule has 0 spiro atoms. The van der Waals surface area contributed by atoms with Gasteiger partial charge in [-0.15, -0.1) is 0 Å². The van der Waals surface area contributed by atoms with Crippen LogP contribution in [0.4, 0.5) is 0 Å². The van der Waals surface area contributed by atoms with Crippen molar-refractivity contribution < 1.29 is 0 Å². The van der Waals surface area contributed by atoms with Crippen molar-refractivity contribution >= 4 is 0 Å². The Balaban J connectivity index is 4.59. The summed E-state index contributed by atoms with van der Waals surface area (Å²) in [5, 5.41) is 8.13.